The van der Waals surface area contributed by atoms with Crippen LogP contribution in [0.4, 0.5) is 0 Å². The number of ether oxygens (including phenoxy) is 1. The molecular weight excluding hydrogens is 440 g/mol. The monoisotopic (exact) mass is 468 g/mol. The number of aliphatic hydroxyl groups is 1. The van der Waals surface area contributed by atoms with Gasteiger partial charge in [0.15, 0.2) is 0 Å². The Bertz CT molecular complexity index is 1310. The summed E-state index contributed by atoms with van der Waals surface area (Å²) in [5, 5.41) is 11.4. The molecule has 2 aromatic carbocycles. The van der Waals surface area contributed by atoms with E-state index in [0.29, 0.717) is 11.5 Å². The van der Waals surface area contributed by atoms with Crippen molar-refractivity contribution in [1.29, 1.82) is 0 Å². The summed E-state index contributed by atoms with van der Waals surface area (Å²) >= 11 is 0. The van der Waals surface area contributed by atoms with Crippen molar-refractivity contribution in [3.63, 3.8) is 0 Å². The number of carbonyl (C=O) groups is 2. The number of carbonyl (C=O) groups excluding carboxylic acids is 2. The number of ketones is 1. The summed E-state index contributed by atoms with van der Waals surface area (Å²) in [5.41, 5.74) is 4.38. The van der Waals surface area contributed by atoms with Crippen LogP contribution in [0.3, 0.4) is 0 Å². The summed E-state index contributed by atoms with van der Waals surface area (Å²) in [6.45, 7) is 6.45. The van der Waals surface area contributed by atoms with Crippen LogP contribution in [0.5, 0.6) is 5.75 Å². The number of aliphatic hydroxyl groups excluding tert-OH is 1. The van der Waals surface area contributed by atoms with Gasteiger partial charge in [-0.3, -0.25) is 14.6 Å². The number of fused-ring (bicyclic) bond motifs is 1. The van der Waals surface area contributed by atoms with Crippen LogP contribution in [0.1, 0.15) is 60.5 Å². The molecule has 0 saturated carbocycles. The van der Waals surface area contributed by atoms with Crippen molar-refractivity contribution in [2.75, 3.05) is 0 Å². The Morgan fingerprint density at radius 1 is 1.09 bits per heavy atom. The highest BCUT2D eigenvalue weighted by molar-refractivity contribution is 6.46. The topological polar surface area (TPSA) is 79.7 Å². The van der Waals surface area contributed by atoms with Gasteiger partial charge in [0.1, 0.15) is 17.6 Å². The van der Waals surface area contributed by atoms with E-state index in [2.05, 4.69) is 18.8 Å². The molecular formula is C29H28N2O4. The van der Waals surface area contributed by atoms with Crippen LogP contribution in [0.2, 0.25) is 0 Å². The second-order valence-electron chi connectivity index (χ2n) is 9.56. The molecule has 1 saturated heterocycles. The first-order valence-corrected chi connectivity index (χ1v) is 11.9. The third kappa shape index (κ3) is 4.20. The van der Waals surface area contributed by atoms with Crippen LogP contribution < -0.4 is 4.74 Å². The van der Waals surface area contributed by atoms with Crippen LogP contribution in [0.15, 0.2) is 72.6 Å². The van der Waals surface area contributed by atoms with E-state index in [1.165, 1.54) is 4.90 Å². The maximum Gasteiger partial charge on any atom is 0.295 e. The van der Waals surface area contributed by atoms with Gasteiger partial charge >= 0.3 is 0 Å². The molecule has 2 aliphatic heterocycles. The Kier molecular flexibility index (Phi) is 5.89. The number of nitrogens with zero attached hydrogens (tertiary/aromatic N) is 2. The molecule has 0 unspecified atom stereocenters. The van der Waals surface area contributed by atoms with Gasteiger partial charge in [0.05, 0.1) is 11.6 Å². The predicted molar refractivity (Wildman–Crippen MR) is 133 cm³/mol. The standard InChI is InChI=1S/C29H28N2O4/c1-17(2)20-4-6-21(7-5-20)26-25(27(32)22-8-9-24-23(15-22)14-18(3)35-24)28(33)29(34)31(26)16-19-10-12-30-13-11-19/h4-13,15,17-18,26,32H,14,16H2,1-3H3/b27-25+/t18-,26-/m1/s1. The zero-order chi connectivity index (χ0) is 24.7. The summed E-state index contributed by atoms with van der Waals surface area (Å²) in [4.78, 5) is 32.1. The molecule has 1 N–H and O–H groups in total. The number of amides is 1. The lowest BCUT2D eigenvalue weighted by Gasteiger charge is -2.26. The van der Waals surface area contributed by atoms with E-state index < -0.39 is 17.7 Å². The van der Waals surface area contributed by atoms with Gasteiger partial charge in [-0.1, -0.05) is 38.1 Å². The van der Waals surface area contributed by atoms with Crippen LogP contribution >= 0.6 is 0 Å². The van der Waals surface area contributed by atoms with Crippen molar-refractivity contribution >= 4 is 17.4 Å². The zero-order valence-electron chi connectivity index (χ0n) is 20.1. The molecule has 0 radical (unpaired) electrons. The summed E-state index contributed by atoms with van der Waals surface area (Å²) < 4.78 is 5.78. The molecule has 1 amide bonds. The lowest BCUT2D eigenvalue weighted by Crippen LogP contribution is -2.29. The van der Waals surface area contributed by atoms with Gasteiger partial charge in [-0.15, -0.1) is 0 Å². The van der Waals surface area contributed by atoms with Gasteiger partial charge < -0.3 is 14.7 Å². The molecule has 1 aromatic heterocycles. The smallest absolute Gasteiger partial charge is 0.295 e. The molecule has 5 rings (SSSR count). The highest BCUT2D eigenvalue weighted by Crippen LogP contribution is 2.41. The lowest BCUT2D eigenvalue weighted by molar-refractivity contribution is -0.140. The molecule has 6 heteroatoms. The molecule has 0 aliphatic carbocycles. The quantitative estimate of drug-likeness (QED) is 0.318. The van der Waals surface area contributed by atoms with E-state index in [-0.39, 0.29) is 24.0 Å². The number of rotatable bonds is 5. The lowest BCUT2D eigenvalue weighted by atomic mass is 9.92. The largest absolute Gasteiger partial charge is 0.507 e. The van der Waals surface area contributed by atoms with Crippen molar-refractivity contribution in [3.05, 3.63) is 100 Å². The van der Waals surface area contributed by atoms with E-state index in [1.807, 2.05) is 55.5 Å². The first-order chi connectivity index (χ1) is 16.8. The van der Waals surface area contributed by atoms with Crippen molar-refractivity contribution in [2.24, 2.45) is 0 Å². The Morgan fingerprint density at radius 3 is 2.49 bits per heavy atom. The molecule has 0 spiro atoms. The number of benzene rings is 2. The molecule has 3 aromatic rings. The third-order valence-corrected chi connectivity index (χ3v) is 6.73. The van der Waals surface area contributed by atoms with E-state index in [4.69, 9.17) is 4.74 Å². The van der Waals surface area contributed by atoms with Crippen LogP contribution in [0, 0.1) is 0 Å². The van der Waals surface area contributed by atoms with E-state index in [1.54, 1.807) is 18.5 Å². The highest BCUT2D eigenvalue weighted by Gasteiger charge is 2.46. The normalized spacial score (nSPS) is 20.9. The number of likely N-dealkylation sites (tertiary alicyclic amines) is 1. The molecule has 3 heterocycles. The SMILES string of the molecule is CC(C)c1ccc([C@@H]2/C(=C(\O)c3ccc4c(c3)C[C@@H](C)O4)C(=O)C(=O)N2Cc2ccncc2)cc1. The third-order valence-electron chi connectivity index (χ3n) is 6.73. The molecule has 1 fully saturated rings. The molecule has 6 nitrogen and oxygen atoms in total. The first kappa shape index (κ1) is 22.8. The number of aromatic nitrogens is 1. The summed E-state index contributed by atoms with van der Waals surface area (Å²) in [7, 11) is 0. The molecule has 0 bridgehead atoms. The summed E-state index contributed by atoms with van der Waals surface area (Å²) in [5.74, 6) is -0.337. The fourth-order valence-electron chi connectivity index (χ4n) is 4.86. The highest BCUT2D eigenvalue weighted by atomic mass is 16.5. The second kappa shape index (κ2) is 9.02. The molecule has 178 valence electrons. The van der Waals surface area contributed by atoms with Crippen molar-refractivity contribution in [1.82, 2.24) is 9.88 Å². The maximum atomic E-state index is 13.3. The summed E-state index contributed by atoms with van der Waals surface area (Å²) in [6.07, 6.45) is 4.11. The van der Waals surface area contributed by atoms with E-state index in [0.717, 1.165) is 34.4 Å². The number of hydrogen-bond acceptors (Lipinski definition) is 5. The van der Waals surface area contributed by atoms with Crippen molar-refractivity contribution in [2.45, 2.75) is 51.8 Å². The van der Waals surface area contributed by atoms with E-state index >= 15 is 0 Å². The second-order valence-corrected chi connectivity index (χ2v) is 9.56. The van der Waals surface area contributed by atoms with Crippen LogP contribution in [0.25, 0.3) is 5.76 Å². The van der Waals surface area contributed by atoms with Gasteiger partial charge in [-0.05, 0) is 65.4 Å². The average Bonchev–Trinajstić information content (AvgIpc) is 3.35. The molecule has 35 heavy (non-hydrogen) atoms. The number of hydrogen-bond donors (Lipinski definition) is 1. The number of Topliss-reactive ketones (excluding diaryl/α,β-unsaturated/α-hetero) is 1. The maximum absolute atomic E-state index is 13.3. The fourth-order valence-corrected chi connectivity index (χ4v) is 4.86. The van der Waals surface area contributed by atoms with Crippen molar-refractivity contribution < 1.29 is 19.4 Å². The van der Waals surface area contributed by atoms with Crippen LogP contribution in [-0.2, 0) is 22.6 Å². The van der Waals surface area contributed by atoms with Gasteiger partial charge in [-0.2, -0.15) is 0 Å². The molecule has 2 atom stereocenters. The fraction of sp³-hybridized carbons (Fsp3) is 0.276. The predicted octanol–water partition coefficient (Wildman–Crippen LogP) is 5.15. The Balaban J connectivity index is 1.62. The minimum absolute atomic E-state index is 0.0628. The Labute approximate surface area is 204 Å². The Hall–Kier alpha value is -3.93. The number of pyridine rings is 1. The van der Waals surface area contributed by atoms with Gasteiger partial charge in [0, 0.05) is 30.9 Å². The minimum atomic E-state index is -0.701. The van der Waals surface area contributed by atoms with Crippen LogP contribution in [-0.4, -0.2) is 32.8 Å². The first-order valence-electron chi connectivity index (χ1n) is 11.9. The van der Waals surface area contributed by atoms with E-state index in [9.17, 15) is 14.7 Å². The molecule has 2 aliphatic rings. The Morgan fingerprint density at radius 2 is 1.80 bits per heavy atom. The van der Waals surface area contributed by atoms with Gasteiger partial charge in [-0.25, -0.2) is 0 Å². The average molecular weight is 469 g/mol. The minimum Gasteiger partial charge on any atom is -0.507 e. The van der Waals surface area contributed by atoms with Crippen molar-refractivity contribution in [3.8, 4) is 5.75 Å². The summed E-state index contributed by atoms with van der Waals surface area (Å²) in [6, 6.07) is 16.3. The zero-order valence-corrected chi connectivity index (χ0v) is 20.1. The van der Waals surface area contributed by atoms with Gasteiger partial charge in [0.25, 0.3) is 11.7 Å². The van der Waals surface area contributed by atoms with Gasteiger partial charge in [0.2, 0.25) is 0 Å².